The van der Waals surface area contributed by atoms with Gasteiger partial charge in [-0.3, -0.25) is 14.6 Å². The number of carbonyl (C=O) groups is 2. The molecular weight excluding hydrogens is 457 g/mol. The van der Waals surface area contributed by atoms with Gasteiger partial charge in [-0.15, -0.1) is 0 Å². The Morgan fingerprint density at radius 2 is 1.58 bits per heavy atom. The molecule has 0 fully saturated rings. The van der Waals surface area contributed by atoms with Gasteiger partial charge >= 0.3 is 0 Å². The highest BCUT2D eigenvalue weighted by Crippen LogP contribution is 2.29. The zero-order valence-corrected chi connectivity index (χ0v) is 18.9. The predicted molar refractivity (Wildman–Crippen MR) is 132 cm³/mol. The molecule has 3 aromatic carbocycles. The monoisotopic (exact) mass is 475 g/mol. The number of carbonyl (C=O) groups excluding carboxylic acids is 2. The molecule has 1 aromatic heterocycles. The van der Waals surface area contributed by atoms with Crippen LogP contribution in [-0.4, -0.2) is 16.8 Å². The fourth-order valence-electron chi connectivity index (χ4n) is 3.24. The highest BCUT2D eigenvalue weighted by Gasteiger charge is 2.15. The Balaban J connectivity index is 1.46. The second-order valence-electron chi connectivity index (χ2n) is 7.23. The van der Waals surface area contributed by atoms with Crippen LogP contribution in [0.25, 0.3) is 11.3 Å². The van der Waals surface area contributed by atoms with Crippen LogP contribution in [0.5, 0.6) is 0 Å². The van der Waals surface area contributed by atoms with Crippen molar-refractivity contribution in [1.29, 1.82) is 0 Å². The van der Waals surface area contributed by atoms with Crippen LogP contribution in [0, 0.1) is 0 Å². The first kappa shape index (κ1) is 22.5. The lowest BCUT2D eigenvalue weighted by Crippen LogP contribution is -2.23. The van der Waals surface area contributed by atoms with E-state index >= 15 is 0 Å². The summed E-state index contributed by atoms with van der Waals surface area (Å²) in [7, 11) is 0. The highest BCUT2D eigenvalue weighted by atomic mass is 35.5. The van der Waals surface area contributed by atoms with E-state index < -0.39 is 0 Å². The molecule has 4 rings (SSSR count). The maximum absolute atomic E-state index is 12.8. The van der Waals surface area contributed by atoms with Gasteiger partial charge in [-0.1, -0.05) is 59.6 Å². The van der Waals surface area contributed by atoms with Crippen molar-refractivity contribution < 1.29 is 9.59 Å². The molecule has 0 aliphatic rings. The summed E-state index contributed by atoms with van der Waals surface area (Å²) in [5.41, 5.74) is 3.57. The van der Waals surface area contributed by atoms with E-state index in [0.717, 1.165) is 5.56 Å². The third-order valence-corrected chi connectivity index (χ3v) is 5.58. The summed E-state index contributed by atoms with van der Waals surface area (Å²) in [5.74, 6) is -0.670. The van der Waals surface area contributed by atoms with Crippen LogP contribution in [0.3, 0.4) is 0 Å². The Hall–Kier alpha value is -3.67. The van der Waals surface area contributed by atoms with Crippen molar-refractivity contribution in [2.45, 2.75) is 6.54 Å². The van der Waals surface area contributed by atoms with Gasteiger partial charge in [0.15, 0.2) is 0 Å². The Kier molecular flexibility index (Phi) is 7.03. The minimum Gasteiger partial charge on any atom is -0.348 e. The van der Waals surface area contributed by atoms with Gasteiger partial charge in [0, 0.05) is 29.6 Å². The van der Waals surface area contributed by atoms with Crippen LogP contribution < -0.4 is 10.6 Å². The maximum Gasteiger partial charge on any atom is 0.255 e. The number of amides is 2. The molecule has 0 atom stereocenters. The van der Waals surface area contributed by atoms with Gasteiger partial charge in [0.2, 0.25) is 0 Å². The number of halogens is 2. The van der Waals surface area contributed by atoms with Crippen molar-refractivity contribution in [3.63, 3.8) is 0 Å². The van der Waals surface area contributed by atoms with Crippen molar-refractivity contribution >= 4 is 40.7 Å². The Morgan fingerprint density at radius 1 is 0.788 bits per heavy atom. The van der Waals surface area contributed by atoms with Crippen molar-refractivity contribution in [2.75, 3.05) is 5.32 Å². The molecule has 0 unspecified atom stereocenters. The lowest BCUT2D eigenvalue weighted by molar-refractivity contribution is 0.0949. The number of nitrogens with zero attached hydrogens (tertiary/aromatic N) is 1. The number of pyridine rings is 1. The van der Waals surface area contributed by atoms with Gasteiger partial charge in [0.05, 0.1) is 21.3 Å². The topological polar surface area (TPSA) is 71.1 Å². The summed E-state index contributed by atoms with van der Waals surface area (Å²) in [5, 5.41) is 6.38. The molecule has 0 saturated carbocycles. The molecule has 0 radical (unpaired) electrons. The highest BCUT2D eigenvalue weighted by molar-refractivity contribution is 6.34. The summed E-state index contributed by atoms with van der Waals surface area (Å²) in [4.78, 5) is 29.6. The molecule has 4 aromatic rings. The number of benzene rings is 3. The lowest BCUT2D eigenvalue weighted by atomic mass is 10.1. The number of hydrogen-bond donors (Lipinski definition) is 2. The number of aromatic nitrogens is 1. The van der Waals surface area contributed by atoms with Gasteiger partial charge in [-0.2, -0.15) is 0 Å². The summed E-state index contributed by atoms with van der Waals surface area (Å²) in [6.07, 6.45) is 1.68. The third kappa shape index (κ3) is 5.58. The largest absolute Gasteiger partial charge is 0.348 e. The fourth-order valence-corrected chi connectivity index (χ4v) is 3.72. The average molecular weight is 476 g/mol. The summed E-state index contributed by atoms with van der Waals surface area (Å²) in [6, 6.07) is 24.8. The molecule has 0 saturated heterocycles. The van der Waals surface area contributed by atoms with E-state index in [4.69, 9.17) is 23.2 Å². The smallest absolute Gasteiger partial charge is 0.255 e. The van der Waals surface area contributed by atoms with Crippen molar-refractivity contribution in [1.82, 2.24) is 10.3 Å². The fraction of sp³-hybridized carbons (Fsp3) is 0.0385. The van der Waals surface area contributed by atoms with E-state index in [0.29, 0.717) is 39.6 Å². The lowest BCUT2D eigenvalue weighted by Gasteiger charge is -2.11. The summed E-state index contributed by atoms with van der Waals surface area (Å²) in [6.45, 7) is 0.382. The Morgan fingerprint density at radius 3 is 2.30 bits per heavy atom. The molecule has 2 N–H and O–H groups in total. The molecule has 2 amide bonds. The van der Waals surface area contributed by atoms with E-state index in [1.807, 2.05) is 48.5 Å². The van der Waals surface area contributed by atoms with E-state index in [1.54, 1.807) is 36.5 Å². The average Bonchev–Trinajstić information content (AvgIpc) is 2.84. The van der Waals surface area contributed by atoms with Crippen molar-refractivity contribution in [3.8, 4) is 11.3 Å². The number of anilines is 1. The van der Waals surface area contributed by atoms with Gasteiger partial charge in [-0.05, 0) is 54.1 Å². The normalized spacial score (nSPS) is 10.5. The SMILES string of the molecule is O=C(Nc1ccc(Cl)c(-c2ccccn2)c1)c1ccc(C(=O)NCc2ccccc2)c(Cl)c1. The molecular formula is C26H19Cl2N3O2. The zero-order valence-electron chi connectivity index (χ0n) is 17.4. The van der Waals surface area contributed by atoms with Crippen molar-refractivity contribution in [2.24, 2.45) is 0 Å². The molecule has 33 heavy (non-hydrogen) atoms. The first-order valence-electron chi connectivity index (χ1n) is 10.2. The van der Waals surface area contributed by atoms with E-state index in [2.05, 4.69) is 15.6 Å². The van der Waals surface area contributed by atoms with Crippen molar-refractivity contribution in [3.05, 3.63) is 118 Å². The second-order valence-corrected chi connectivity index (χ2v) is 8.04. The molecule has 0 spiro atoms. The van der Waals surface area contributed by atoms with Gasteiger partial charge in [0.1, 0.15) is 0 Å². The molecule has 0 bridgehead atoms. The molecule has 0 aliphatic heterocycles. The molecule has 1 heterocycles. The van der Waals surface area contributed by atoms with Gasteiger partial charge in [0.25, 0.3) is 11.8 Å². The zero-order chi connectivity index (χ0) is 23.2. The van der Waals surface area contributed by atoms with Crippen LogP contribution in [0.15, 0.2) is 91.1 Å². The minimum absolute atomic E-state index is 0.193. The first-order valence-corrected chi connectivity index (χ1v) is 10.9. The summed E-state index contributed by atoms with van der Waals surface area (Å²) >= 11 is 12.6. The Labute approximate surface area is 201 Å². The minimum atomic E-state index is -0.359. The Bertz CT molecular complexity index is 1300. The third-order valence-electron chi connectivity index (χ3n) is 4.94. The van der Waals surface area contributed by atoms with E-state index in [-0.39, 0.29) is 16.8 Å². The van der Waals surface area contributed by atoms with Crippen LogP contribution in [0.2, 0.25) is 10.0 Å². The maximum atomic E-state index is 12.8. The number of rotatable bonds is 6. The molecule has 5 nitrogen and oxygen atoms in total. The van der Waals surface area contributed by atoms with Crippen LogP contribution in [-0.2, 0) is 6.54 Å². The second kappa shape index (κ2) is 10.3. The first-order chi connectivity index (χ1) is 16.0. The van der Waals surface area contributed by atoms with Crippen LogP contribution in [0.1, 0.15) is 26.3 Å². The van der Waals surface area contributed by atoms with Crippen LogP contribution in [0.4, 0.5) is 5.69 Å². The van der Waals surface area contributed by atoms with Gasteiger partial charge in [-0.25, -0.2) is 0 Å². The number of hydrogen-bond acceptors (Lipinski definition) is 3. The van der Waals surface area contributed by atoms with E-state index in [1.165, 1.54) is 6.07 Å². The molecule has 7 heteroatoms. The number of nitrogens with one attached hydrogen (secondary N) is 2. The molecule has 164 valence electrons. The van der Waals surface area contributed by atoms with E-state index in [9.17, 15) is 9.59 Å². The molecule has 0 aliphatic carbocycles. The predicted octanol–water partition coefficient (Wildman–Crippen LogP) is 6.24. The quantitative estimate of drug-likeness (QED) is 0.346. The van der Waals surface area contributed by atoms with Crippen LogP contribution >= 0.6 is 23.2 Å². The summed E-state index contributed by atoms with van der Waals surface area (Å²) < 4.78 is 0. The van der Waals surface area contributed by atoms with Gasteiger partial charge < -0.3 is 10.6 Å². The standard InChI is InChI=1S/C26H19Cl2N3O2/c27-22-12-10-19(15-21(22)24-8-4-5-13-29-24)31-25(32)18-9-11-20(23(28)14-18)26(33)30-16-17-6-2-1-3-7-17/h1-15H,16H2,(H,30,33)(H,31,32).